The third kappa shape index (κ3) is 4.98. The van der Waals surface area contributed by atoms with E-state index in [1.54, 1.807) is 19.5 Å². The SMILES string of the molecule is COc1ccc(Cn2ncc3c2-c2cc(C4=CCN(CCF)CC4)cnc2N=C(c2c(F)cccc2F)N3)cc1. The molecule has 0 atom stereocenters. The number of hydrogen-bond acceptors (Lipinski definition) is 6. The molecule has 40 heavy (non-hydrogen) atoms. The maximum atomic E-state index is 14.8. The van der Waals surface area contributed by atoms with E-state index in [9.17, 15) is 13.2 Å². The summed E-state index contributed by atoms with van der Waals surface area (Å²) in [4.78, 5) is 11.3. The van der Waals surface area contributed by atoms with E-state index in [4.69, 9.17) is 4.74 Å². The molecular formula is C30H27F3N6O. The Morgan fingerprint density at radius 1 is 1.05 bits per heavy atom. The zero-order chi connectivity index (χ0) is 27.6. The van der Waals surface area contributed by atoms with Gasteiger partial charge in [0.25, 0.3) is 0 Å². The van der Waals surface area contributed by atoms with Crippen molar-refractivity contribution in [1.82, 2.24) is 19.7 Å². The van der Waals surface area contributed by atoms with Crippen molar-refractivity contribution in [2.45, 2.75) is 13.0 Å². The largest absolute Gasteiger partial charge is 0.497 e. The van der Waals surface area contributed by atoms with Gasteiger partial charge < -0.3 is 10.1 Å². The molecule has 1 N–H and O–H groups in total. The summed E-state index contributed by atoms with van der Waals surface area (Å²) in [6.45, 7) is 1.89. The number of aliphatic imine (C=N–C) groups is 1. The number of ether oxygens (including phenoxy) is 1. The molecule has 2 aliphatic heterocycles. The highest BCUT2D eigenvalue weighted by Crippen LogP contribution is 2.40. The molecule has 6 rings (SSSR count). The van der Waals surface area contributed by atoms with Crippen LogP contribution in [0.5, 0.6) is 5.75 Å². The van der Waals surface area contributed by atoms with Crippen molar-refractivity contribution in [3.8, 4) is 17.0 Å². The third-order valence-corrected chi connectivity index (χ3v) is 7.19. The van der Waals surface area contributed by atoms with Crippen molar-refractivity contribution in [1.29, 1.82) is 0 Å². The summed E-state index contributed by atoms with van der Waals surface area (Å²) in [6, 6.07) is 13.4. The highest BCUT2D eigenvalue weighted by Gasteiger charge is 2.26. The Balaban J connectivity index is 1.46. The van der Waals surface area contributed by atoms with Crippen LogP contribution >= 0.6 is 0 Å². The first-order valence-electron chi connectivity index (χ1n) is 13.0. The van der Waals surface area contributed by atoms with Crippen LogP contribution in [0.1, 0.15) is 23.1 Å². The summed E-state index contributed by atoms with van der Waals surface area (Å²) >= 11 is 0. The summed E-state index contributed by atoms with van der Waals surface area (Å²) in [5.41, 5.74) is 4.69. The molecule has 4 aromatic rings. The van der Waals surface area contributed by atoms with Crippen molar-refractivity contribution in [2.75, 3.05) is 38.7 Å². The molecule has 0 spiro atoms. The zero-order valence-corrected chi connectivity index (χ0v) is 21.9. The number of alkyl halides is 1. The van der Waals surface area contributed by atoms with Crippen LogP contribution in [0.15, 0.2) is 72.0 Å². The summed E-state index contributed by atoms with van der Waals surface area (Å²) in [5, 5.41) is 7.74. The Morgan fingerprint density at radius 2 is 1.85 bits per heavy atom. The minimum Gasteiger partial charge on any atom is -0.497 e. The first-order valence-corrected chi connectivity index (χ1v) is 13.0. The van der Waals surface area contributed by atoms with Gasteiger partial charge in [0.2, 0.25) is 0 Å². The average Bonchev–Trinajstić information content (AvgIpc) is 3.27. The zero-order valence-electron chi connectivity index (χ0n) is 21.9. The highest BCUT2D eigenvalue weighted by molar-refractivity contribution is 6.13. The lowest BCUT2D eigenvalue weighted by atomic mass is 9.98. The van der Waals surface area contributed by atoms with E-state index in [1.165, 1.54) is 18.2 Å². The second-order valence-electron chi connectivity index (χ2n) is 9.66. The highest BCUT2D eigenvalue weighted by atomic mass is 19.1. The van der Waals surface area contributed by atoms with Gasteiger partial charge in [0.15, 0.2) is 5.82 Å². The summed E-state index contributed by atoms with van der Waals surface area (Å²) < 4.78 is 49.6. The Kier molecular flexibility index (Phi) is 7.08. The number of aromatic nitrogens is 3. The van der Waals surface area contributed by atoms with E-state index < -0.39 is 11.6 Å². The Labute approximate surface area is 229 Å². The van der Waals surface area contributed by atoms with E-state index in [0.29, 0.717) is 42.4 Å². The molecule has 0 unspecified atom stereocenters. The van der Waals surface area contributed by atoms with Crippen LogP contribution in [-0.2, 0) is 6.54 Å². The first kappa shape index (κ1) is 25.8. The molecule has 2 aliphatic rings. The number of nitrogens with one attached hydrogen (secondary N) is 1. The molecule has 0 bridgehead atoms. The van der Waals surface area contributed by atoms with Crippen molar-refractivity contribution in [3.05, 3.63) is 95.3 Å². The predicted octanol–water partition coefficient (Wildman–Crippen LogP) is 5.84. The smallest absolute Gasteiger partial charge is 0.163 e. The number of nitrogens with zero attached hydrogens (tertiary/aromatic N) is 5. The maximum Gasteiger partial charge on any atom is 0.163 e. The van der Waals surface area contributed by atoms with Gasteiger partial charge in [-0.15, -0.1) is 0 Å². The van der Waals surface area contributed by atoms with Crippen molar-refractivity contribution < 1.29 is 17.9 Å². The number of fused-ring (bicyclic) bond motifs is 3. The van der Waals surface area contributed by atoms with Gasteiger partial charge in [-0.1, -0.05) is 24.3 Å². The van der Waals surface area contributed by atoms with Crippen LogP contribution in [0.2, 0.25) is 0 Å². The Bertz CT molecular complexity index is 1590. The van der Waals surface area contributed by atoms with E-state index in [-0.39, 0.29) is 18.1 Å². The van der Waals surface area contributed by atoms with E-state index >= 15 is 0 Å². The Morgan fingerprint density at radius 3 is 2.55 bits per heavy atom. The minimum atomic E-state index is -0.733. The van der Waals surface area contributed by atoms with Crippen molar-refractivity contribution in [2.24, 2.45) is 4.99 Å². The third-order valence-electron chi connectivity index (χ3n) is 7.19. The fourth-order valence-corrected chi connectivity index (χ4v) is 5.08. The lowest BCUT2D eigenvalue weighted by molar-refractivity contribution is 0.270. The predicted molar refractivity (Wildman–Crippen MR) is 149 cm³/mol. The lowest BCUT2D eigenvalue weighted by Gasteiger charge is -2.25. The summed E-state index contributed by atoms with van der Waals surface area (Å²) in [7, 11) is 1.62. The fraction of sp³-hybridized carbons (Fsp3) is 0.233. The van der Waals surface area contributed by atoms with Crippen LogP contribution in [0.4, 0.5) is 24.7 Å². The van der Waals surface area contributed by atoms with Gasteiger partial charge in [0.1, 0.15) is 29.9 Å². The lowest BCUT2D eigenvalue weighted by Crippen LogP contribution is -2.30. The van der Waals surface area contributed by atoms with Gasteiger partial charge in [-0.25, -0.2) is 23.1 Å². The number of benzene rings is 2. The number of halogens is 3. The molecule has 0 aliphatic carbocycles. The standard InChI is InChI=1S/C30H27F3N6O/c1-40-22-7-5-19(6-8-22)18-39-28-23-15-21(20-9-12-38(13-10-20)14-11-31)16-34-29(23)37-30(36-26(28)17-35-39)27-24(32)3-2-4-25(27)33/h2-9,15-17H,10-14,18H2,1H3,(H,34,36,37). The van der Waals surface area contributed by atoms with E-state index in [0.717, 1.165) is 35.4 Å². The molecule has 7 nitrogen and oxygen atoms in total. The second kappa shape index (κ2) is 11.0. The van der Waals surface area contributed by atoms with Crippen molar-refractivity contribution >= 4 is 22.9 Å². The molecule has 0 radical (unpaired) electrons. The second-order valence-corrected chi connectivity index (χ2v) is 9.66. The van der Waals surface area contributed by atoms with Crippen LogP contribution in [0.25, 0.3) is 16.8 Å². The monoisotopic (exact) mass is 544 g/mol. The molecule has 204 valence electrons. The number of hydrogen-bond donors (Lipinski definition) is 1. The number of anilines is 1. The molecule has 0 saturated carbocycles. The van der Waals surface area contributed by atoms with Crippen LogP contribution in [0, 0.1) is 11.6 Å². The number of methoxy groups -OCH3 is 1. The molecule has 4 heterocycles. The van der Waals surface area contributed by atoms with Crippen LogP contribution in [0.3, 0.4) is 0 Å². The normalized spacial score (nSPS) is 14.9. The number of rotatable bonds is 7. The van der Waals surface area contributed by atoms with Gasteiger partial charge in [-0.05, 0) is 53.5 Å². The van der Waals surface area contributed by atoms with Gasteiger partial charge in [-0.3, -0.25) is 9.58 Å². The molecule has 0 fully saturated rings. The number of amidine groups is 1. The molecule has 2 aromatic carbocycles. The molecular weight excluding hydrogens is 517 g/mol. The molecule has 2 aromatic heterocycles. The summed E-state index contributed by atoms with van der Waals surface area (Å²) in [5.74, 6) is -0.384. The van der Waals surface area contributed by atoms with Gasteiger partial charge >= 0.3 is 0 Å². The van der Waals surface area contributed by atoms with Gasteiger partial charge in [-0.2, -0.15) is 5.10 Å². The topological polar surface area (TPSA) is 67.6 Å². The number of pyridine rings is 1. The van der Waals surface area contributed by atoms with Crippen molar-refractivity contribution in [3.63, 3.8) is 0 Å². The van der Waals surface area contributed by atoms with Crippen LogP contribution in [-0.4, -0.2) is 58.9 Å². The minimum absolute atomic E-state index is 0.0126. The van der Waals surface area contributed by atoms with Gasteiger partial charge in [0, 0.05) is 31.4 Å². The summed E-state index contributed by atoms with van der Waals surface area (Å²) in [6.07, 6.45) is 6.20. The van der Waals surface area contributed by atoms with E-state index in [2.05, 4.69) is 31.4 Å². The molecule has 10 heteroatoms. The fourth-order valence-electron chi connectivity index (χ4n) is 5.08. The Hall–Kier alpha value is -4.44. The molecule has 0 saturated heterocycles. The quantitative estimate of drug-likeness (QED) is 0.317. The van der Waals surface area contributed by atoms with Gasteiger partial charge in [0.05, 0.1) is 36.8 Å². The molecule has 0 amide bonds. The van der Waals surface area contributed by atoms with E-state index in [1.807, 2.05) is 35.0 Å². The maximum absolute atomic E-state index is 14.8. The first-order chi connectivity index (χ1) is 19.5. The average molecular weight is 545 g/mol. The van der Waals surface area contributed by atoms with Crippen LogP contribution < -0.4 is 10.1 Å².